The number of para-hydroxylation sites is 1. The highest BCUT2D eigenvalue weighted by Crippen LogP contribution is 2.34. The van der Waals surface area contributed by atoms with Crippen LogP contribution in [0.1, 0.15) is 31.7 Å². The Hall–Kier alpha value is -2.71. The van der Waals surface area contributed by atoms with Gasteiger partial charge in [-0.15, -0.1) is 0 Å². The van der Waals surface area contributed by atoms with Gasteiger partial charge in [-0.25, -0.2) is 4.79 Å². The molecule has 0 aliphatic carbocycles. The highest BCUT2D eigenvalue weighted by Gasteiger charge is 2.51. The molecule has 2 heterocycles. The van der Waals surface area contributed by atoms with Gasteiger partial charge in [0.05, 0.1) is 18.3 Å². The first-order chi connectivity index (χ1) is 16.5. The van der Waals surface area contributed by atoms with Gasteiger partial charge in [-0.3, -0.25) is 10.1 Å². The molecule has 1 spiro atoms. The van der Waals surface area contributed by atoms with Crippen LogP contribution in [0.25, 0.3) is 0 Å². The molecular weight excluding hydrogens is 450 g/mol. The van der Waals surface area contributed by atoms with Crippen LogP contribution in [-0.4, -0.2) is 70.3 Å². The SMILES string of the molecule is CCOc1ccccc1.CSCCC1NC2(CCN(C(=O)O)CC2)N(Cc2ccccc2)C1=O. The number of likely N-dealkylation sites (tertiary alicyclic amines) is 1. The van der Waals surface area contributed by atoms with Crippen LogP contribution in [0.4, 0.5) is 4.79 Å². The summed E-state index contributed by atoms with van der Waals surface area (Å²) < 4.78 is 5.21. The third-order valence-electron chi connectivity index (χ3n) is 6.23. The van der Waals surface area contributed by atoms with Crippen LogP contribution in [0.3, 0.4) is 0 Å². The summed E-state index contributed by atoms with van der Waals surface area (Å²) in [5.74, 6) is 2.02. The molecule has 1 atom stereocenters. The van der Waals surface area contributed by atoms with Gasteiger partial charge < -0.3 is 19.6 Å². The number of amides is 2. The van der Waals surface area contributed by atoms with Gasteiger partial charge in [0.15, 0.2) is 0 Å². The molecule has 34 heavy (non-hydrogen) atoms. The minimum Gasteiger partial charge on any atom is -0.494 e. The maximum Gasteiger partial charge on any atom is 0.407 e. The van der Waals surface area contributed by atoms with E-state index >= 15 is 0 Å². The largest absolute Gasteiger partial charge is 0.494 e. The molecule has 0 saturated carbocycles. The third kappa shape index (κ3) is 6.67. The van der Waals surface area contributed by atoms with Crippen LogP contribution in [-0.2, 0) is 11.3 Å². The zero-order valence-corrected chi connectivity index (χ0v) is 20.8. The van der Waals surface area contributed by atoms with E-state index in [2.05, 4.69) is 5.32 Å². The summed E-state index contributed by atoms with van der Waals surface area (Å²) in [5, 5.41) is 12.8. The van der Waals surface area contributed by atoms with Crippen LogP contribution in [0, 0.1) is 0 Å². The number of carbonyl (C=O) groups excluding carboxylic acids is 1. The lowest BCUT2D eigenvalue weighted by molar-refractivity contribution is -0.134. The maximum absolute atomic E-state index is 13.0. The van der Waals surface area contributed by atoms with E-state index in [9.17, 15) is 14.7 Å². The van der Waals surface area contributed by atoms with Crippen molar-refractivity contribution in [2.24, 2.45) is 0 Å². The number of nitrogens with one attached hydrogen (secondary N) is 1. The predicted octanol–water partition coefficient (Wildman–Crippen LogP) is 4.30. The van der Waals surface area contributed by atoms with Gasteiger partial charge in [-0.05, 0) is 43.0 Å². The highest BCUT2D eigenvalue weighted by atomic mass is 32.2. The van der Waals surface area contributed by atoms with Crippen molar-refractivity contribution >= 4 is 23.8 Å². The van der Waals surface area contributed by atoms with Crippen molar-refractivity contribution in [2.45, 2.75) is 44.4 Å². The van der Waals surface area contributed by atoms with Crippen molar-refractivity contribution < 1.29 is 19.4 Å². The molecule has 0 bridgehead atoms. The lowest BCUT2D eigenvalue weighted by atomic mass is 9.95. The first-order valence-corrected chi connectivity index (χ1v) is 13.2. The van der Waals surface area contributed by atoms with Crippen LogP contribution in [0.5, 0.6) is 5.75 Å². The minimum absolute atomic E-state index is 0.140. The monoisotopic (exact) mass is 485 g/mol. The number of piperidine rings is 1. The van der Waals surface area contributed by atoms with E-state index in [-0.39, 0.29) is 11.9 Å². The summed E-state index contributed by atoms with van der Waals surface area (Å²) in [6.45, 7) is 4.19. The summed E-state index contributed by atoms with van der Waals surface area (Å²) in [7, 11) is 0. The number of hydrogen-bond donors (Lipinski definition) is 2. The van der Waals surface area contributed by atoms with Crippen molar-refractivity contribution in [3.63, 3.8) is 0 Å². The Morgan fingerprint density at radius 3 is 2.29 bits per heavy atom. The molecule has 0 aromatic heterocycles. The average Bonchev–Trinajstić information content (AvgIpc) is 3.10. The molecule has 2 aliphatic rings. The van der Waals surface area contributed by atoms with E-state index in [1.807, 2.05) is 78.7 Å². The number of hydrogen-bond acceptors (Lipinski definition) is 5. The molecule has 8 heteroatoms. The van der Waals surface area contributed by atoms with Crippen LogP contribution in [0.2, 0.25) is 0 Å². The molecular formula is C26H35N3O4S. The molecule has 1 unspecified atom stereocenters. The van der Waals surface area contributed by atoms with E-state index in [0.29, 0.717) is 32.5 Å². The Kier molecular flexibility index (Phi) is 9.65. The second-order valence-corrected chi connectivity index (χ2v) is 9.42. The Bertz CT molecular complexity index is 905. The van der Waals surface area contributed by atoms with Crippen LogP contribution >= 0.6 is 11.8 Å². The number of ether oxygens (including phenoxy) is 1. The van der Waals surface area contributed by atoms with Gasteiger partial charge in [0.1, 0.15) is 5.75 Å². The summed E-state index contributed by atoms with van der Waals surface area (Å²) in [6, 6.07) is 19.6. The molecule has 2 aliphatic heterocycles. The number of benzene rings is 2. The number of rotatable bonds is 7. The van der Waals surface area contributed by atoms with Crippen LogP contribution in [0.15, 0.2) is 60.7 Å². The quantitative estimate of drug-likeness (QED) is 0.609. The molecule has 7 nitrogen and oxygen atoms in total. The van der Waals surface area contributed by atoms with Crippen molar-refractivity contribution in [1.29, 1.82) is 0 Å². The fourth-order valence-corrected chi connectivity index (χ4v) is 4.93. The van der Waals surface area contributed by atoms with Gasteiger partial charge in [-0.2, -0.15) is 11.8 Å². The highest BCUT2D eigenvalue weighted by molar-refractivity contribution is 7.98. The molecule has 2 saturated heterocycles. The van der Waals surface area contributed by atoms with Crippen molar-refractivity contribution in [3.8, 4) is 5.75 Å². The second-order valence-electron chi connectivity index (χ2n) is 8.44. The zero-order chi connectivity index (χ0) is 24.4. The van der Waals surface area contributed by atoms with Gasteiger partial charge in [-0.1, -0.05) is 48.5 Å². The first kappa shape index (κ1) is 25.9. The van der Waals surface area contributed by atoms with E-state index < -0.39 is 11.8 Å². The standard InChI is InChI=1S/C18H25N3O3S.C8H10O/c1-25-12-7-15-16(22)21(13-14-5-3-2-4-6-14)18(19-15)8-10-20(11-9-18)17(23)24;1-2-9-8-6-4-3-5-7-8/h2-6,15,19H,7-13H2,1H3,(H,23,24);3-7H,2H2,1H3. The second kappa shape index (κ2) is 12.7. The third-order valence-corrected chi connectivity index (χ3v) is 6.88. The van der Waals surface area contributed by atoms with Crippen molar-refractivity contribution in [1.82, 2.24) is 15.1 Å². The Morgan fingerprint density at radius 2 is 1.74 bits per heavy atom. The molecule has 184 valence electrons. The first-order valence-electron chi connectivity index (χ1n) is 11.8. The Labute approximate surface area is 206 Å². The molecule has 2 aromatic rings. The average molecular weight is 486 g/mol. The molecule has 2 aromatic carbocycles. The van der Waals surface area contributed by atoms with E-state index in [1.165, 1.54) is 4.90 Å². The van der Waals surface area contributed by atoms with E-state index in [0.717, 1.165) is 30.1 Å². The summed E-state index contributed by atoms with van der Waals surface area (Å²) in [4.78, 5) is 27.6. The molecule has 0 radical (unpaired) electrons. The normalized spacial score (nSPS) is 19.0. The van der Waals surface area contributed by atoms with E-state index in [1.54, 1.807) is 11.8 Å². The summed E-state index contributed by atoms with van der Waals surface area (Å²) in [6.07, 6.45) is 3.23. The van der Waals surface area contributed by atoms with Gasteiger partial charge in [0, 0.05) is 32.5 Å². The molecule has 2 N–H and O–H groups in total. The fourth-order valence-electron chi connectivity index (χ4n) is 4.46. The maximum atomic E-state index is 13.0. The number of thioether (sulfide) groups is 1. The number of nitrogens with zero attached hydrogens (tertiary/aromatic N) is 2. The van der Waals surface area contributed by atoms with Gasteiger partial charge in [0.25, 0.3) is 0 Å². The number of carbonyl (C=O) groups is 2. The lowest BCUT2D eigenvalue weighted by Gasteiger charge is -2.44. The minimum atomic E-state index is -0.882. The molecule has 4 rings (SSSR count). The number of carboxylic acid groups (broad SMARTS) is 1. The van der Waals surface area contributed by atoms with Crippen LogP contribution < -0.4 is 10.1 Å². The molecule has 2 amide bonds. The Morgan fingerprint density at radius 1 is 1.12 bits per heavy atom. The van der Waals surface area contributed by atoms with Crippen molar-refractivity contribution in [2.75, 3.05) is 31.7 Å². The summed E-state index contributed by atoms with van der Waals surface area (Å²) in [5.41, 5.74) is 0.672. The fraction of sp³-hybridized carbons (Fsp3) is 0.462. The van der Waals surface area contributed by atoms with Gasteiger partial charge >= 0.3 is 6.09 Å². The lowest BCUT2D eigenvalue weighted by Crippen LogP contribution is -2.59. The smallest absolute Gasteiger partial charge is 0.407 e. The Balaban J connectivity index is 0.000000302. The predicted molar refractivity (Wildman–Crippen MR) is 136 cm³/mol. The topological polar surface area (TPSA) is 82.1 Å². The van der Waals surface area contributed by atoms with Gasteiger partial charge in [0.2, 0.25) is 5.91 Å². The summed E-state index contributed by atoms with van der Waals surface area (Å²) >= 11 is 1.74. The zero-order valence-electron chi connectivity index (χ0n) is 20.0. The van der Waals surface area contributed by atoms with E-state index in [4.69, 9.17) is 4.74 Å². The molecule has 2 fully saturated rings. The van der Waals surface area contributed by atoms with Crippen molar-refractivity contribution in [3.05, 3.63) is 66.2 Å².